The number of hydrogen-bond acceptors (Lipinski definition) is 2. The maximum atomic E-state index is 10.2. The summed E-state index contributed by atoms with van der Waals surface area (Å²) in [6.45, 7) is 0. The van der Waals surface area contributed by atoms with E-state index < -0.39 is 0 Å². The van der Waals surface area contributed by atoms with Crippen LogP contribution in [0.2, 0.25) is 0 Å². The minimum atomic E-state index is -0.345. The van der Waals surface area contributed by atoms with E-state index in [1.54, 1.807) is 0 Å². The minimum Gasteiger partial charge on any atom is -0.388 e. The van der Waals surface area contributed by atoms with Gasteiger partial charge in [-0.3, -0.25) is 0 Å². The Morgan fingerprint density at radius 1 is 1.10 bits per heavy atom. The van der Waals surface area contributed by atoms with Gasteiger partial charge in [0, 0.05) is 0 Å². The average molecular weight is 274 g/mol. The van der Waals surface area contributed by atoms with Crippen molar-refractivity contribution < 1.29 is 9.84 Å². The second-order valence-corrected chi connectivity index (χ2v) is 6.53. The smallest absolute Gasteiger partial charge is 0.0791 e. The summed E-state index contributed by atoms with van der Waals surface area (Å²) in [6.07, 6.45) is 10.8. The minimum absolute atomic E-state index is 0.209. The normalized spacial score (nSPS) is 26.8. The van der Waals surface area contributed by atoms with E-state index in [2.05, 4.69) is 0 Å². The second-order valence-electron chi connectivity index (χ2n) is 6.53. The molecule has 2 aliphatic rings. The van der Waals surface area contributed by atoms with Crippen molar-refractivity contribution in [2.24, 2.45) is 0 Å². The van der Waals surface area contributed by atoms with E-state index in [1.165, 1.54) is 44.9 Å². The van der Waals surface area contributed by atoms with Crippen LogP contribution >= 0.6 is 0 Å². The molecule has 1 aromatic rings. The summed E-state index contributed by atoms with van der Waals surface area (Å²) >= 11 is 0. The molecule has 1 saturated heterocycles. The molecule has 2 atom stereocenters. The van der Waals surface area contributed by atoms with Crippen LogP contribution in [0.25, 0.3) is 0 Å². The van der Waals surface area contributed by atoms with Crippen molar-refractivity contribution in [2.75, 3.05) is 0 Å². The number of rotatable bonds is 4. The Morgan fingerprint density at radius 3 is 2.60 bits per heavy atom. The summed E-state index contributed by atoms with van der Waals surface area (Å²) in [4.78, 5) is 0. The topological polar surface area (TPSA) is 29.5 Å². The molecule has 1 heterocycles. The van der Waals surface area contributed by atoms with Gasteiger partial charge in [-0.1, -0.05) is 49.6 Å². The van der Waals surface area contributed by atoms with Crippen molar-refractivity contribution >= 4 is 0 Å². The van der Waals surface area contributed by atoms with Crippen LogP contribution in [-0.2, 0) is 4.74 Å². The number of ether oxygens (including phenoxy) is 1. The largest absolute Gasteiger partial charge is 0.388 e. The zero-order chi connectivity index (χ0) is 13.8. The standard InChI is InChI=1S/C18H26O2/c19-17(15-7-3-1-4-8-15)10-9-16-11-14-18(20-16)12-5-2-6-13-18/h1,3-4,7-8,16-17,19H,2,5-6,9-14H2. The monoisotopic (exact) mass is 274 g/mol. The highest BCUT2D eigenvalue weighted by molar-refractivity contribution is 5.17. The first-order valence-corrected chi connectivity index (χ1v) is 8.18. The number of benzene rings is 1. The molecule has 0 bridgehead atoms. The van der Waals surface area contributed by atoms with Gasteiger partial charge in [0.15, 0.2) is 0 Å². The van der Waals surface area contributed by atoms with Crippen molar-refractivity contribution in [3.8, 4) is 0 Å². The molecular formula is C18H26O2. The van der Waals surface area contributed by atoms with E-state index in [0.717, 1.165) is 18.4 Å². The lowest BCUT2D eigenvalue weighted by molar-refractivity contribution is -0.0685. The van der Waals surface area contributed by atoms with Gasteiger partial charge in [-0.05, 0) is 44.1 Å². The predicted molar refractivity (Wildman–Crippen MR) is 80.6 cm³/mol. The first kappa shape index (κ1) is 14.1. The van der Waals surface area contributed by atoms with Gasteiger partial charge in [0.2, 0.25) is 0 Å². The summed E-state index contributed by atoms with van der Waals surface area (Å²) in [5, 5.41) is 10.2. The third kappa shape index (κ3) is 3.24. The van der Waals surface area contributed by atoms with Gasteiger partial charge in [-0.15, -0.1) is 0 Å². The Kier molecular flexibility index (Phi) is 4.42. The van der Waals surface area contributed by atoms with E-state index in [4.69, 9.17) is 4.74 Å². The fraction of sp³-hybridized carbons (Fsp3) is 0.667. The van der Waals surface area contributed by atoms with Gasteiger partial charge in [0.1, 0.15) is 0 Å². The average Bonchev–Trinajstić information content (AvgIpc) is 2.89. The maximum absolute atomic E-state index is 10.2. The van der Waals surface area contributed by atoms with Crippen molar-refractivity contribution in [3.63, 3.8) is 0 Å². The number of aliphatic hydroxyl groups is 1. The van der Waals surface area contributed by atoms with Crippen molar-refractivity contribution in [2.45, 2.75) is 75.6 Å². The zero-order valence-electron chi connectivity index (χ0n) is 12.3. The molecule has 2 unspecified atom stereocenters. The first-order valence-electron chi connectivity index (χ1n) is 8.18. The lowest BCUT2D eigenvalue weighted by atomic mass is 9.83. The molecule has 3 rings (SSSR count). The van der Waals surface area contributed by atoms with Gasteiger partial charge >= 0.3 is 0 Å². The van der Waals surface area contributed by atoms with Crippen LogP contribution in [0.4, 0.5) is 0 Å². The van der Waals surface area contributed by atoms with Crippen LogP contribution in [-0.4, -0.2) is 16.8 Å². The lowest BCUT2D eigenvalue weighted by Gasteiger charge is -2.33. The quantitative estimate of drug-likeness (QED) is 0.882. The zero-order valence-corrected chi connectivity index (χ0v) is 12.3. The van der Waals surface area contributed by atoms with Gasteiger partial charge < -0.3 is 9.84 Å². The van der Waals surface area contributed by atoms with E-state index in [-0.39, 0.29) is 11.7 Å². The molecule has 2 fully saturated rings. The fourth-order valence-electron chi connectivity index (χ4n) is 3.85. The second kappa shape index (κ2) is 6.28. The molecular weight excluding hydrogens is 248 g/mol. The Hall–Kier alpha value is -0.860. The van der Waals surface area contributed by atoms with Crippen molar-refractivity contribution in [1.29, 1.82) is 0 Å². The summed E-state index contributed by atoms with van der Waals surface area (Å²) in [6, 6.07) is 9.97. The van der Waals surface area contributed by atoms with Gasteiger partial charge in [-0.25, -0.2) is 0 Å². The SMILES string of the molecule is OC(CCC1CCC2(CCCCC2)O1)c1ccccc1. The molecule has 1 saturated carbocycles. The molecule has 110 valence electrons. The maximum Gasteiger partial charge on any atom is 0.0791 e. The highest BCUT2D eigenvalue weighted by atomic mass is 16.5. The van der Waals surface area contributed by atoms with Crippen molar-refractivity contribution in [1.82, 2.24) is 0 Å². The van der Waals surface area contributed by atoms with E-state index in [1.807, 2.05) is 30.3 Å². The molecule has 1 spiro atoms. The van der Waals surface area contributed by atoms with E-state index in [9.17, 15) is 5.11 Å². The molecule has 2 nitrogen and oxygen atoms in total. The summed E-state index contributed by atoms with van der Waals surface area (Å²) < 4.78 is 6.37. The van der Waals surface area contributed by atoms with Gasteiger partial charge in [0.25, 0.3) is 0 Å². The van der Waals surface area contributed by atoms with Crippen LogP contribution in [0.1, 0.15) is 69.5 Å². The summed E-state index contributed by atoms with van der Waals surface area (Å²) in [7, 11) is 0. The third-order valence-electron chi connectivity index (χ3n) is 5.05. The van der Waals surface area contributed by atoms with Gasteiger partial charge in [0.05, 0.1) is 17.8 Å². The Bertz CT molecular complexity index is 409. The lowest BCUT2D eigenvalue weighted by Crippen LogP contribution is -2.31. The predicted octanol–water partition coefficient (Wildman–Crippen LogP) is 4.38. The molecule has 1 aliphatic heterocycles. The molecule has 2 heteroatoms. The molecule has 20 heavy (non-hydrogen) atoms. The number of hydrogen-bond donors (Lipinski definition) is 1. The molecule has 0 radical (unpaired) electrons. The van der Waals surface area contributed by atoms with E-state index in [0.29, 0.717) is 6.10 Å². The molecule has 1 N–H and O–H groups in total. The Balaban J connectivity index is 1.48. The molecule has 1 aromatic carbocycles. The fourth-order valence-corrected chi connectivity index (χ4v) is 3.85. The first-order chi connectivity index (χ1) is 9.77. The van der Waals surface area contributed by atoms with Crippen LogP contribution < -0.4 is 0 Å². The summed E-state index contributed by atoms with van der Waals surface area (Å²) in [5.41, 5.74) is 1.23. The van der Waals surface area contributed by atoms with Crippen LogP contribution in [0, 0.1) is 0 Å². The Labute approximate surface area is 122 Å². The Morgan fingerprint density at radius 2 is 1.85 bits per heavy atom. The van der Waals surface area contributed by atoms with Crippen LogP contribution in [0.3, 0.4) is 0 Å². The molecule has 0 aromatic heterocycles. The third-order valence-corrected chi connectivity index (χ3v) is 5.05. The van der Waals surface area contributed by atoms with Gasteiger partial charge in [-0.2, -0.15) is 0 Å². The highest BCUT2D eigenvalue weighted by Gasteiger charge is 2.40. The molecule has 0 amide bonds. The highest BCUT2D eigenvalue weighted by Crippen LogP contribution is 2.43. The molecule has 1 aliphatic carbocycles. The number of aliphatic hydroxyl groups excluding tert-OH is 1. The van der Waals surface area contributed by atoms with Crippen LogP contribution in [0.15, 0.2) is 30.3 Å². The van der Waals surface area contributed by atoms with E-state index >= 15 is 0 Å². The van der Waals surface area contributed by atoms with Crippen LogP contribution in [0.5, 0.6) is 0 Å². The van der Waals surface area contributed by atoms with Crippen molar-refractivity contribution in [3.05, 3.63) is 35.9 Å². The summed E-state index contributed by atoms with van der Waals surface area (Å²) in [5.74, 6) is 0.